The molecule has 0 atom stereocenters. The van der Waals surface area contributed by atoms with Crippen molar-refractivity contribution in [3.05, 3.63) is 30.3 Å². The zero-order valence-electron chi connectivity index (χ0n) is 8.94. The van der Waals surface area contributed by atoms with Crippen LogP contribution in [0.5, 0.6) is 5.75 Å². The third kappa shape index (κ3) is 4.90. The normalized spacial score (nSPS) is 11.1. The topological polar surface area (TPSA) is 59.6 Å². The lowest BCUT2D eigenvalue weighted by Gasteiger charge is -2.06. The molecule has 0 saturated heterocycles. The largest absolute Gasteiger partial charge is 0.494 e. The molecule has 0 heterocycles. The first-order valence-electron chi connectivity index (χ1n) is 4.97. The number of ether oxygens (including phenoxy) is 1. The molecule has 1 rings (SSSR count). The predicted octanol–water partition coefficient (Wildman–Crippen LogP) is 0.990. The van der Waals surface area contributed by atoms with E-state index in [0.717, 1.165) is 18.7 Å². The molecule has 4 heteroatoms. The van der Waals surface area contributed by atoms with Gasteiger partial charge in [-0.1, -0.05) is 18.2 Å². The summed E-state index contributed by atoms with van der Waals surface area (Å²) in [6.07, 6.45) is 0.894. The van der Waals surface area contributed by atoms with Gasteiger partial charge in [-0.05, 0) is 18.6 Å². The van der Waals surface area contributed by atoms with Gasteiger partial charge in [0.15, 0.2) is 5.96 Å². The molecule has 0 radical (unpaired) electrons. The highest BCUT2D eigenvalue weighted by Gasteiger charge is 1.92. The van der Waals surface area contributed by atoms with Crippen LogP contribution in [0.15, 0.2) is 35.3 Å². The van der Waals surface area contributed by atoms with Gasteiger partial charge in [0.25, 0.3) is 0 Å². The van der Waals surface area contributed by atoms with Gasteiger partial charge in [-0.25, -0.2) is 0 Å². The van der Waals surface area contributed by atoms with Gasteiger partial charge >= 0.3 is 0 Å². The number of nitrogens with two attached hydrogens (primary N) is 1. The Balaban J connectivity index is 2.08. The second-order valence-electron chi connectivity index (χ2n) is 3.05. The fourth-order valence-electron chi connectivity index (χ4n) is 1.07. The van der Waals surface area contributed by atoms with Crippen LogP contribution in [-0.4, -0.2) is 26.2 Å². The number of benzene rings is 1. The average Bonchev–Trinajstić information content (AvgIpc) is 2.29. The summed E-state index contributed by atoms with van der Waals surface area (Å²) in [4.78, 5) is 3.79. The maximum Gasteiger partial charge on any atom is 0.188 e. The minimum absolute atomic E-state index is 0.467. The monoisotopic (exact) mass is 207 g/mol. The summed E-state index contributed by atoms with van der Waals surface area (Å²) < 4.78 is 5.50. The predicted molar refractivity (Wildman–Crippen MR) is 62.1 cm³/mol. The van der Waals surface area contributed by atoms with Gasteiger partial charge in [0.2, 0.25) is 0 Å². The van der Waals surface area contributed by atoms with Crippen LogP contribution in [0.3, 0.4) is 0 Å². The van der Waals surface area contributed by atoms with E-state index in [2.05, 4.69) is 10.3 Å². The summed E-state index contributed by atoms with van der Waals surface area (Å²) in [5.74, 6) is 1.37. The molecule has 0 aliphatic rings. The van der Waals surface area contributed by atoms with Crippen LogP contribution < -0.4 is 15.8 Å². The third-order valence-electron chi connectivity index (χ3n) is 1.88. The summed E-state index contributed by atoms with van der Waals surface area (Å²) in [6, 6.07) is 9.75. The molecule has 4 nitrogen and oxygen atoms in total. The molecular formula is C11H17N3O. The second kappa shape index (κ2) is 6.70. The number of nitrogens with zero attached hydrogens (tertiary/aromatic N) is 1. The van der Waals surface area contributed by atoms with Crippen LogP contribution in [0.2, 0.25) is 0 Å². The lowest BCUT2D eigenvalue weighted by atomic mass is 10.3. The molecule has 3 N–H and O–H groups in total. The Morgan fingerprint density at radius 3 is 2.80 bits per heavy atom. The van der Waals surface area contributed by atoms with Crippen molar-refractivity contribution in [2.24, 2.45) is 10.7 Å². The van der Waals surface area contributed by atoms with Gasteiger partial charge < -0.3 is 15.8 Å². The molecule has 0 unspecified atom stereocenters. The lowest BCUT2D eigenvalue weighted by molar-refractivity contribution is 0.311. The maximum atomic E-state index is 5.50. The van der Waals surface area contributed by atoms with Crippen molar-refractivity contribution in [2.75, 3.05) is 20.2 Å². The first-order chi connectivity index (χ1) is 7.33. The van der Waals surface area contributed by atoms with E-state index in [1.54, 1.807) is 7.05 Å². The average molecular weight is 207 g/mol. The van der Waals surface area contributed by atoms with Crippen molar-refractivity contribution in [1.82, 2.24) is 5.32 Å². The van der Waals surface area contributed by atoms with Crippen LogP contribution in [0, 0.1) is 0 Å². The lowest BCUT2D eigenvalue weighted by Crippen LogP contribution is -2.32. The Morgan fingerprint density at radius 2 is 2.13 bits per heavy atom. The quantitative estimate of drug-likeness (QED) is 0.430. The standard InChI is InChI=1S/C11H17N3O/c1-13-11(12)14-8-5-9-15-10-6-3-2-4-7-10/h2-4,6-7H,5,8-9H2,1H3,(H3,12,13,14). The van der Waals surface area contributed by atoms with Crippen LogP contribution >= 0.6 is 0 Å². The van der Waals surface area contributed by atoms with E-state index in [-0.39, 0.29) is 0 Å². The van der Waals surface area contributed by atoms with Crippen molar-refractivity contribution < 1.29 is 4.74 Å². The fraction of sp³-hybridized carbons (Fsp3) is 0.364. The summed E-state index contributed by atoms with van der Waals surface area (Å²) in [5.41, 5.74) is 5.46. The van der Waals surface area contributed by atoms with E-state index in [9.17, 15) is 0 Å². The number of guanidine groups is 1. The Morgan fingerprint density at radius 1 is 1.40 bits per heavy atom. The van der Waals surface area contributed by atoms with Gasteiger partial charge in [0.1, 0.15) is 5.75 Å². The van der Waals surface area contributed by atoms with Crippen LogP contribution in [0.1, 0.15) is 6.42 Å². The maximum absolute atomic E-state index is 5.50. The Hall–Kier alpha value is -1.71. The van der Waals surface area contributed by atoms with Gasteiger partial charge in [0.05, 0.1) is 6.61 Å². The molecule has 0 bridgehead atoms. The number of hydrogen-bond acceptors (Lipinski definition) is 2. The van der Waals surface area contributed by atoms with Crippen LogP contribution in [0.4, 0.5) is 0 Å². The highest BCUT2D eigenvalue weighted by molar-refractivity contribution is 5.77. The summed E-state index contributed by atoms with van der Waals surface area (Å²) in [6.45, 7) is 1.45. The van der Waals surface area contributed by atoms with Crippen molar-refractivity contribution in [3.63, 3.8) is 0 Å². The molecule has 0 aliphatic heterocycles. The first-order valence-corrected chi connectivity index (χ1v) is 4.97. The Kier molecular flexibility index (Phi) is 5.08. The van der Waals surface area contributed by atoms with Crippen molar-refractivity contribution in [2.45, 2.75) is 6.42 Å². The molecule has 1 aromatic rings. The van der Waals surface area contributed by atoms with Gasteiger partial charge in [0, 0.05) is 13.6 Å². The summed E-state index contributed by atoms with van der Waals surface area (Å²) in [7, 11) is 1.66. The zero-order chi connectivity index (χ0) is 10.9. The highest BCUT2D eigenvalue weighted by atomic mass is 16.5. The molecule has 0 fully saturated rings. The molecule has 0 spiro atoms. The van der Waals surface area contributed by atoms with E-state index in [1.807, 2.05) is 30.3 Å². The van der Waals surface area contributed by atoms with Crippen molar-refractivity contribution >= 4 is 5.96 Å². The van der Waals surface area contributed by atoms with E-state index in [4.69, 9.17) is 10.5 Å². The number of para-hydroxylation sites is 1. The minimum Gasteiger partial charge on any atom is -0.494 e. The van der Waals surface area contributed by atoms with Gasteiger partial charge in [-0.2, -0.15) is 0 Å². The Bertz CT molecular complexity index is 298. The van der Waals surface area contributed by atoms with E-state index >= 15 is 0 Å². The smallest absolute Gasteiger partial charge is 0.188 e. The van der Waals surface area contributed by atoms with Gasteiger partial charge in [-0.15, -0.1) is 0 Å². The fourth-order valence-corrected chi connectivity index (χ4v) is 1.07. The summed E-state index contributed by atoms with van der Waals surface area (Å²) in [5, 5.41) is 2.97. The molecule has 15 heavy (non-hydrogen) atoms. The molecule has 82 valence electrons. The highest BCUT2D eigenvalue weighted by Crippen LogP contribution is 2.07. The van der Waals surface area contributed by atoms with E-state index in [1.165, 1.54) is 0 Å². The molecule has 0 saturated carbocycles. The van der Waals surface area contributed by atoms with Crippen LogP contribution in [0.25, 0.3) is 0 Å². The van der Waals surface area contributed by atoms with E-state index < -0.39 is 0 Å². The first kappa shape index (κ1) is 11.4. The van der Waals surface area contributed by atoms with Crippen molar-refractivity contribution in [3.8, 4) is 5.75 Å². The van der Waals surface area contributed by atoms with E-state index in [0.29, 0.717) is 12.6 Å². The molecule has 1 aromatic carbocycles. The second-order valence-corrected chi connectivity index (χ2v) is 3.05. The van der Waals surface area contributed by atoms with Crippen LogP contribution in [-0.2, 0) is 0 Å². The molecular weight excluding hydrogens is 190 g/mol. The number of hydrogen-bond donors (Lipinski definition) is 2. The molecule has 0 aliphatic carbocycles. The summed E-state index contributed by atoms with van der Waals surface area (Å²) >= 11 is 0. The minimum atomic E-state index is 0.467. The third-order valence-corrected chi connectivity index (χ3v) is 1.88. The zero-order valence-corrected chi connectivity index (χ0v) is 8.94. The molecule has 0 aromatic heterocycles. The molecule has 0 amide bonds. The number of nitrogens with one attached hydrogen (secondary N) is 1. The number of aliphatic imine (C=N–C) groups is 1. The van der Waals surface area contributed by atoms with Crippen molar-refractivity contribution in [1.29, 1.82) is 0 Å². The SMILES string of the molecule is CN=C(N)NCCCOc1ccccc1. The number of rotatable bonds is 5. The van der Waals surface area contributed by atoms with Gasteiger partial charge in [-0.3, -0.25) is 4.99 Å². The Labute approximate surface area is 90.2 Å².